The molecule has 1 N–H and O–H groups in total. The van der Waals surface area contributed by atoms with Crippen LogP contribution in [0.4, 0.5) is 5.69 Å². The number of rotatable bonds is 4. The highest BCUT2D eigenvalue weighted by atomic mass is 35.5. The topological polar surface area (TPSA) is 42.0 Å². The largest absolute Gasteiger partial charge is 0.325 e. The van der Waals surface area contributed by atoms with Gasteiger partial charge in [0, 0.05) is 16.1 Å². The van der Waals surface area contributed by atoms with Crippen molar-refractivity contribution in [3.8, 4) is 9.88 Å². The Morgan fingerprint density at radius 2 is 2.14 bits per heavy atom. The van der Waals surface area contributed by atoms with Crippen LogP contribution in [-0.4, -0.2) is 10.9 Å². The highest BCUT2D eigenvalue weighted by Gasteiger charge is 2.11. The maximum absolute atomic E-state index is 12.2. The van der Waals surface area contributed by atoms with Crippen LogP contribution in [0.3, 0.4) is 0 Å². The molecular formula is C16H13ClN2OS2. The first-order chi connectivity index (χ1) is 10.6. The van der Waals surface area contributed by atoms with Crippen molar-refractivity contribution in [2.75, 3.05) is 5.32 Å². The summed E-state index contributed by atoms with van der Waals surface area (Å²) in [6.07, 6.45) is 0.258. The fourth-order valence-corrected chi connectivity index (χ4v) is 3.81. The number of amides is 1. The Balaban J connectivity index is 1.68. The Morgan fingerprint density at radius 1 is 1.27 bits per heavy atom. The van der Waals surface area contributed by atoms with Crippen molar-refractivity contribution in [1.82, 2.24) is 4.98 Å². The van der Waals surface area contributed by atoms with Crippen LogP contribution in [0.2, 0.25) is 5.02 Å². The van der Waals surface area contributed by atoms with Gasteiger partial charge in [0.05, 0.1) is 17.0 Å². The molecule has 0 aliphatic rings. The molecule has 6 heteroatoms. The van der Waals surface area contributed by atoms with Gasteiger partial charge < -0.3 is 5.32 Å². The minimum atomic E-state index is -0.0894. The number of hydrogen-bond acceptors (Lipinski definition) is 4. The normalized spacial score (nSPS) is 10.6. The second kappa shape index (κ2) is 6.60. The van der Waals surface area contributed by atoms with E-state index in [-0.39, 0.29) is 12.3 Å². The quantitative estimate of drug-likeness (QED) is 0.719. The minimum absolute atomic E-state index is 0.0894. The molecule has 0 bridgehead atoms. The van der Waals surface area contributed by atoms with Gasteiger partial charge in [-0.1, -0.05) is 23.7 Å². The molecule has 0 fully saturated rings. The molecule has 2 heterocycles. The summed E-state index contributed by atoms with van der Waals surface area (Å²) in [5.41, 5.74) is 2.40. The Labute approximate surface area is 141 Å². The summed E-state index contributed by atoms with van der Waals surface area (Å²) in [6.45, 7) is 1.88. The zero-order valence-corrected chi connectivity index (χ0v) is 14.2. The van der Waals surface area contributed by atoms with Gasteiger partial charge in [-0.25, -0.2) is 4.98 Å². The summed E-state index contributed by atoms with van der Waals surface area (Å²) in [5.74, 6) is -0.0894. The van der Waals surface area contributed by atoms with Crippen LogP contribution in [0.5, 0.6) is 0 Å². The van der Waals surface area contributed by atoms with E-state index in [9.17, 15) is 4.79 Å². The molecular weight excluding hydrogens is 336 g/mol. The highest BCUT2D eigenvalue weighted by Crippen LogP contribution is 2.28. The standard InChI is InChI=1S/C16H13ClN2OS2/c1-10-12(17)4-2-5-13(10)19-15(20)8-11-9-22-16(18-11)14-6-3-7-21-14/h2-7,9H,8H2,1H3,(H,19,20). The Hall–Kier alpha value is -1.69. The van der Waals surface area contributed by atoms with Gasteiger partial charge in [-0.15, -0.1) is 22.7 Å². The van der Waals surface area contributed by atoms with Gasteiger partial charge in [-0.2, -0.15) is 0 Å². The van der Waals surface area contributed by atoms with Gasteiger partial charge in [0.1, 0.15) is 5.01 Å². The molecule has 0 saturated carbocycles. The van der Waals surface area contributed by atoms with Gasteiger partial charge in [-0.05, 0) is 36.1 Å². The van der Waals surface area contributed by atoms with Gasteiger partial charge in [-0.3, -0.25) is 4.79 Å². The lowest BCUT2D eigenvalue weighted by atomic mass is 10.2. The molecule has 0 atom stereocenters. The summed E-state index contributed by atoms with van der Waals surface area (Å²) in [4.78, 5) is 17.8. The van der Waals surface area contributed by atoms with Crippen molar-refractivity contribution < 1.29 is 4.79 Å². The molecule has 3 aromatic rings. The number of thiophene rings is 1. The number of thiazole rings is 1. The molecule has 22 heavy (non-hydrogen) atoms. The molecule has 2 aromatic heterocycles. The highest BCUT2D eigenvalue weighted by molar-refractivity contribution is 7.20. The average Bonchev–Trinajstić information content (AvgIpc) is 3.14. The third kappa shape index (κ3) is 3.38. The van der Waals surface area contributed by atoms with E-state index in [4.69, 9.17) is 11.6 Å². The number of hydrogen-bond donors (Lipinski definition) is 1. The van der Waals surface area contributed by atoms with Crippen molar-refractivity contribution in [3.05, 3.63) is 57.4 Å². The summed E-state index contributed by atoms with van der Waals surface area (Å²) in [7, 11) is 0. The number of nitrogens with zero attached hydrogens (tertiary/aromatic N) is 1. The van der Waals surface area contributed by atoms with Crippen molar-refractivity contribution in [2.45, 2.75) is 13.3 Å². The van der Waals surface area contributed by atoms with E-state index in [1.54, 1.807) is 28.7 Å². The van der Waals surface area contributed by atoms with Crippen molar-refractivity contribution >= 4 is 45.9 Å². The summed E-state index contributed by atoms with van der Waals surface area (Å²) in [6, 6.07) is 9.50. The van der Waals surface area contributed by atoms with Crippen LogP contribution in [-0.2, 0) is 11.2 Å². The van der Waals surface area contributed by atoms with Crippen LogP contribution in [0.15, 0.2) is 41.1 Å². The first kappa shape index (κ1) is 15.2. The lowest BCUT2D eigenvalue weighted by Gasteiger charge is -2.08. The van der Waals surface area contributed by atoms with Crippen molar-refractivity contribution in [2.24, 2.45) is 0 Å². The Kier molecular flexibility index (Phi) is 4.57. The molecule has 3 nitrogen and oxygen atoms in total. The van der Waals surface area contributed by atoms with Crippen LogP contribution in [0.25, 0.3) is 9.88 Å². The maximum atomic E-state index is 12.2. The molecule has 112 valence electrons. The van der Waals surface area contributed by atoms with E-state index in [0.29, 0.717) is 5.02 Å². The van der Waals surface area contributed by atoms with Crippen molar-refractivity contribution in [1.29, 1.82) is 0 Å². The third-order valence-electron chi connectivity index (χ3n) is 3.17. The van der Waals surface area contributed by atoms with Crippen LogP contribution < -0.4 is 5.32 Å². The number of carbonyl (C=O) groups is 1. The van der Waals surface area contributed by atoms with E-state index in [2.05, 4.69) is 10.3 Å². The molecule has 1 amide bonds. The number of anilines is 1. The second-order valence-electron chi connectivity index (χ2n) is 4.76. The Morgan fingerprint density at radius 3 is 2.91 bits per heavy atom. The number of carbonyl (C=O) groups excluding carboxylic acids is 1. The van der Waals surface area contributed by atoms with E-state index in [1.165, 1.54) is 0 Å². The summed E-state index contributed by atoms with van der Waals surface area (Å²) in [5, 5.41) is 8.44. The second-order valence-corrected chi connectivity index (χ2v) is 6.97. The predicted molar refractivity (Wildman–Crippen MR) is 93.9 cm³/mol. The number of halogens is 1. The molecule has 0 radical (unpaired) electrons. The van der Waals surface area contributed by atoms with E-state index < -0.39 is 0 Å². The lowest BCUT2D eigenvalue weighted by molar-refractivity contribution is -0.115. The van der Waals surface area contributed by atoms with Gasteiger partial charge in [0.25, 0.3) is 0 Å². The molecule has 0 aliphatic heterocycles. The van der Waals surface area contributed by atoms with Crippen LogP contribution in [0, 0.1) is 6.92 Å². The van der Waals surface area contributed by atoms with Crippen molar-refractivity contribution in [3.63, 3.8) is 0 Å². The first-order valence-electron chi connectivity index (χ1n) is 6.67. The fourth-order valence-electron chi connectivity index (χ4n) is 2.00. The van der Waals surface area contributed by atoms with Crippen LogP contribution in [0.1, 0.15) is 11.3 Å². The maximum Gasteiger partial charge on any atom is 0.230 e. The molecule has 0 aliphatic carbocycles. The van der Waals surface area contributed by atoms with E-state index in [1.807, 2.05) is 41.9 Å². The minimum Gasteiger partial charge on any atom is -0.325 e. The first-order valence-corrected chi connectivity index (χ1v) is 8.80. The zero-order chi connectivity index (χ0) is 15.5. The molecule has 0 saturated heterocycles. The molecule has 3 rings (SSSR count). The van der Waals surface area contributed by atoms with Crippen LogP contribution >= 0.6 is 34.3 Å². The third-order valence-corrected chi connectivity index (χ3v) is 5.51. The number of aromatic nitrogens is 1. The van der Waals surface area contributed by atoms with Gasteiger partial charge >= 0.3 is 0 Å². The Bertz CT molecular complexity index is 796. The molecule has 0 unspecified atom stereocenters. The fraction of sp³-hybridized carbons (Fsp3) is 0.125. The monoisotopic (exact) mass is 348 g/mol. The van der Waals surface area contributed by atoms with E-state index >= 15 is 0 Å². The van der Waals surface area contributed by atoms with E-state index in [0.717, 1.165) is 26.8 Å². The van der Waals surface area contributed by atoms with Gasteiger partial charge in [0.2, 0.25) is 5.91 Å². The summed E-state index contributed by atoms with van der Waals surface area (Å²) < 4.78 is 0. The average molecular weight is 349 g/mol. The SMILES string of the molecule is Cc1c(Cl)cccc1NC(=O)Cc1csc(-c2cccs2)n1. The zero-order valence-electron chi connectivity index (χ0n) is 11.8. The van der Waals surface area contributed by atoms with Gasteiger partial charge in [0.15, 0.2) is 0 Å². The summed E-state index contributed by atoms with van der Waals surface area (Å²) >= 11 is 9.26. The number of nitrogens with one attached hydrogen (secondary N) is 1. The molecule has 0 spiro atoms. The number of benzene rings is 1. The molecule has 1 aromatic carbocycles. The smallest absolute Gasteiger partial charge is 0.230 e. The predicted octanol–water partition coefficient (Wildman–Crippen LogP) is 5.01. The lowest BCUT2D eigenvalue weighted by Crippen LogP contribution is -2.15.